The summed E-state index contributed by atoms with van der Waals surface area (Å²) in [5, 5.41) is 19.2. The number of aryl methyl sites for hydroxylation is 2. The van der Waals surface area contributed by atoms with Crippen molar-refractivity contribution in [3.63, 3.8) is 0 Å². The van der Waals surface area contributed by atoms with Gasteiger partial charge in [0.25, 0.3) is 0 Å². The van der Waals surface area contributed by atoms with Crippen LogP contribution in [0.2, 0.25) is 0 Å². The number of allylic oxidation sites excluding steroid dienone is 4. The van der Waals surface area contributed by atoms with Gasteiger partial charge in [-0.2, -0.15) is 0 Å². The second kappa shape index (κ2) is 28.6. The Bertz CT molecular complexity index is 3280. The maximum absolute atomic E-state index is 10.0. The van der Waals surface area contributed by atoms with Crippen LogP contribution in [0.4, 0.5) is 0 Å². The molecule has 0 spiro atoms. The van der Waals surface area contributed by atoms with Crippen LogP contribution < -0.4 is 0 Å². The molecule has 412 valence electrons. The smallest absolute Gasteiger partial charge is 0.155 e. The monoisotopic (exact) mass is 1420 g/mol. The summed E-state index contributed by atoms with van der Waals surface area (Å²) in [5.74, 6) is 1.41. The number of fused-ring (bicyclic) bond motifs is 2. The third-order valence-electron chi connectivity index (χ3n) is 12.4. The minimum atomic E-state index is -0.125. The van der Waals surface area contributed by atoms with Crippen LogP contribution in [-0.2, 0) is 60.6 Å². The summed E-state index contributed by atoms with van der Waals surface area (Å²) in [4.78, 5) is 32.3. The van der Waals surface area contributed by atoms with Crippen molar-refractivity contribution in [3.8, 4) is 43.4 Å². The van der Waals surface area contributed by atoms with Crippen LogP contribution in [0.5, 0.6) is 0 Å². The maximum Gasteiger partial charge on any atom is 0.155 e. The minimum absolute atomic E-state index is 0. The Kier molecular flexibility index (Phi) is 24.6. The van der Waals surface area contributed by atoms with Crippen molar-refractivity contribution in [1.29, 1.82) is 0 Å². The quantitative estimate of drug-likeness (QED) is 0.0848. The number of benzene rings is 4. The predicted octanol–water partition coefficient (Wildman–Crippen LogP) is 19.5. The standard InChI is InChI=1S/C30H34NS.C27H28NS.2C5H8O2.2Ir/c1-18(2)24-10-9-11-25(19(3)4)29(24)27-16-22-15-26(31-17-28(22)32-27)21-12-20(5)13-23(14-21)30(6,7)8;1-17(2)19-7-9-20(10-8-19)25-15-22-14-24(28-16-26(22)29-25)21-11-18(3)12-23(13-21)27(4,5)6;2*1-4(6)3-5(2)7;;/h9-11,13-19H,1-8H3;7-10,12-17H,1-6H3;2*3,6H,1-2H3;;/q2*-1;;;;. The third-order valence-corrected chi connectivity index (χ3v) is 14.6. The average molecular weight is 1420 g/mol. The molecule has 0 fully saturated rings. The molecule has 0 aliphatic rings. The summed E-state index contributed by atoms with van der Waals surface area (Å²) in [6.07, 6.45) is 6.38. The Morgan fingerprint density at radius 3 is 1.27 bits per heavy atom. The first kappa shape index (κ1) is 66.1. The summed E-state index contributed by atoms with van der Waals surface area (Å²) in [7, 11) is 0. The zero-order valence-electron chi connectivity index (χ0n) is 48.3. The van der Waals surface area contributed by atoms with Gasteiger partial charge < -0.3 is 20.2 Å². The molecule has 0 aliphatic heterocycles. The maximum atomic E-state index is 10.0. The van der Waals surface area contributed by atoms with Gasteiger partial charge >= 0.3 is 0 Å². The minimum Gasteiger partial charge on any atom is -0.512 e. The topological polar surface area (TPSA) is 100 Å². The van der Waals surface area contributed by atoms with Gasteiger partial charge in [0.15, 0.2) is 11.6 Å². The number of hydrogen-bond acceptors (Lipinski definition) is 8. The van der Waals surface area contributed by atoms with Crippen LogP contribution in [0.15, 0.2) is 127 Å². The zero-order valence-corrected chi connectivity index (χ0v) is 54.7. The Morgan fingerprint density at radius 2 is 0.935 bits per heavy atom. The van der Waals surface area contributed by atoms with Gasteiger partial charge in [-0.05, 0) is 118 Å². The molecule has 2 N–H and O–H groups in total. The van der Waals surface area contributed by atoms with E-state index in [0.717, 1.165) is 33.6 Å². The van der Waals surface area contributed by atoms with Gasteiger partial charge in [-0.25, -0.2) is 0 Å². The molecule has 4 aromatic carbocycles. The van der Waals surface area contributed by atoms with E-state index in [4.69, 9.17) is 20.2 Å². The number of nitrogens with zero attached hydrogens (tertiary/aromatic N) is 2. The van der Waals surface area contributed by atoms with Crippen LogP contribution in [0.1, 0.15) is 167 Å². The van der Waals surface area contributed by atoms with E-state index >= 15 is 0 Å². The van der Waals surface area contributed by atoms with Crippen molar-refractivity contribution in [2.75, 3.05) is 0 Å². The molecule has 10 heteroatoms. The van der Waals surface area contributed by atoms with Crippen LogP contribution in [0.25, 0.3) is 63.6 Å². The van der Waals surface area contributed by atoms with Crippen LogP contribution >= 0.6 is 22.7 Å². The zero-order chi connectivity index (χ0) is 55.7. The second-order valence-electron chi connectivity index (χ2n) is 22.6. The van der Waals surface area contributed by atoms with Crippen molar-refractivity contribution in [1.82, 2.24) is 9.97 Å². The molecule has 0 unspecified atom stereocenters. The number of hydrogen-bond donors (Lipinski definition) is 2. The third kappa shape index (κ3) is 19.0. The molecule has 77 heavy (non-hydrogen) atoms. The Morgan fingerprint density at radius 1 is 0.545 bits per heavy atom. The van der Waals surface area contributed by atoms with Gasteiger partial charge in [-0.1, -0.05) is 152 Å². The van der Waals surface area contributed by atoms with Crippen molar-refractivity contribution in [3.05, 3.63) is 178 Å². The number of rotatable bonds is 9. The van der Waals surface area contributed by atoms with E-state index in [1.807, 2.05) is 23.7 Å². The van der Waals surface area contributed by atoms with E-state index in [1.165, 1.54) is 109 Å². The molecule has 6 nitrogen and oxygen atoms in total. The van der Waals surface area contributed by atoms with Crippen molar-refractivity contribution >= 4 is 54.4 Å². The van der Waals surface area contributed by atoms with E-state index in [2.05, 4.69) is 200 Å². The van der Waals surface area contributed by atoms with Crippen LogP contribution in [0.3, 0.4) is 0 Å². The first-order valence-corrected chi connectivity index (χ1v) is 27.5. The summed E-state index contributed by atoms with van der Waals surface area (Å²) >= 11 is 3.66. The molecule has 8 aromatic rings. The fourth-order valence-electron chi connectivity index (χ4n) is 8.48. The van der Waals surface area contributed by atoms with Crippen LogP contribution in [-0.4, -0.2) is 31.7 Å². The molecule has 4 aromatic heterocycles. The number of carbonyl (C=O) groups is 2. The molecule has 0 saturated carbocycles. The predicted molar refractivity (Wildman–Crippen MR) is 322 cm³/mol. The Hall–Kier alpha value is -5.18. The van der Waals surface area contributed by atoms with Gasteiger partial charge in [0, 0.05) is 74.5 Å². The second-order valence-corrected chi connectivity index (χ2v) is 24.7. The number of aromatic nitrogens is 2. The Balaban J connectivity index is 0.000000319. The molecule has 0 saturated heterocycles. The van der Waals surface area contributed by atoms with E-state index < -0.39 is 0 Å². The number of pyridine rings is 2. The molecule has 0 bridgehead atoms. The summed E-state index contributed by atoms with van der Waals surface area (Å²) in [6.45, 7) is 37.1. The molecule has 0 aliphatic carbocycles. The van der Waals surface area contributed by atoms with Gasteiger partial charge in [0.2, 0.25) is 0 Å². The fraction of sp³-hybridized carbons (Fsp3) is 0.343. The largest absolute Gasteiger partial charge is 0.512 e. The Labute approximate surface area is 495 Å². The molecular weight excluding hydrogens is 1350 g/mol. The number of ketones is 2. The van der Waals surface area contributed by atoms with E-state index in [9.17, 15) is 9.59 Å². The number of aliphatic hydroxyl groups is 2. The molecule has 0 amide bonds. The first-order chi connectivity index (χ1) is 35.0. The van der Waals surface area contributed by atoms with Gasteiger partial charge in [0.05, 0.1) is 20.9 Å². The molecule has 0 atom stereocenters. The summed E-state index contributed by atoms with van der Waals surface area (Å²) in [6, 6.07) is 40.8. The van der Waals surface area contributed by atoms with Gasteiger partial charge in [-0.15, -0.1) is 92.5 Å². The number of thiophene rings is 2. The normalized spacial score (nSPS) is 11.8. The van der Waals surface area contributed by atoms with Crippen molar-refractivity contribution in [2.45, 2.75) is 153 Å². The SMILES string of the molecule is CC(=O)C=C(C)O.CC(=O)C=C(C)O.Cc1[c-]c(-c2cc3cc(-c4c(C(C)C)cccc4C(C)C)sc3cn2)cc(C(C)(C)C)c1.Cc1[c-]c(-c2cc3cc(-c4ccc(C(C)C)cc4)sc3cn2)cc(C(C)(C)C)c1.[Ir].[Ir]. The van der Waals surface area contributed by atoms with Crippen LogP contribution in [0, 0.1) is 26.0 Å². The molecular formula is C67H78Ir2N2O4S2-2. The van der Waals surface area contributed by atoms with E-state index in [0.29, 0.717) is 17.8 Å². The van der Waals surface area contributed by atoms with Gasteiger partial charge in [-0.3, -0.25) is 9.59 Å². The van der Waals surface area contributed by atoms with Crippen molar-refractivity contribution in [2.24, 2.45) is 0 Å². The molecule has 8 rings (SSSR count). The number of aliphatic hydroxyl groups excluding tert-OH is 2. The molecule has 4 heterocycles. The number of carbonyl (C=O) groups excluding carboxylic acids is 2. The van der Waals surface area contributed by atoms with Crippen molar-refractivity contribution < 1.29 is 60.0 Å². The van der Waals surface area contributed by atoms with E-state index in [1.54, 1.807) is 11.3 Å². The molecule has 2 radical (unpaired) electrons. The van der Waals surface area contributed by atoms with E-state index in [-0.39, 0.29) is 74.1 Å². The van der Waals surface area contributed by atoms with Gasteiger partial charge in [0.1, 0.15) is 0 Å². The summed E-state index contributed by atoms with van der Waals surface area (Å²) in [5.41, 5.74) is 16.2. The average Bonchev–Trinajstić information content (AvgIpc) is 3.94. The summed E-state index contributed by atoms with van der Waals surface area (Å²) < 4.78 is 2.46. The first-order valence-electron chi connectivity index (χ1n) is 25.9. The fourth-order valence-corrected chi connectivity index (χ4v) is 10.6.